The second-order valence-electron chi connectivity index (χ2n) is 4.95. The molecule has 9 nitrogen and oxygen atoms in total. The predicted octanol–water partition coefficient (Wildman–Crippen LogP) is -0.656. The van der Waals surface area contributed by atoms with Crippen molar-refractivity contribution in [1.82, 2.24) is 23.8 Å². The lowest BCUT2D eigenvalue weighted by Gasteiger charge is -2.10. The molecule has 0 saturated carbocycles. The summed E-state index contributed by atoms with van der Waals surface area (Å²) in [6.07, 6.45) is 1.56. The Kier molecular flexibility index (Phi) is 3.53. The first-order chi connectivity index (χ1) is 11.0. The fourth-order valence-electron chi connectivity index (χ4n) is 2.18. The van der Waals surface area contributed by atoms with Gasteiger partial charge in [0.1, 0.15) is 5.69 Å². The third-order valence-electron chi connectivity index (χ3n) is 3.53. The first-order valence-electron chi connectivity index (χ1n) is 6.73. The van der Waals surface area contributed by atoms with Crippen molar-refractivity contribution in [1.29, 1.82) is 0 Å². The molecule has 3 heterocycles. The first kappa shape index (κ1) is 14.7. The Morgan fingerprint density at radius 1 is 1.13 bits per heavy atom. The molecule has 3 rings (SSSR count). The van der Waals surface area contributed by atoms with Crippen LogP contribution in [-0.4, -0.2) is 23.8 Å². The van der Waals surface area contributed by atoms with Crippen molar-refractivity contribution in [2.24, 2.45) is 14.1 Å². The van der Waals surface area contributed by atoms with Crippen LogP contribution < -0.4 is 17.0 Å². The van der Waals surface area contributed by atoms with Gasteiger partial charge in [0.2, 0.25) is 5.82 Å². The van der Waals surface area contributed by atoms with Crippen molar-refractivity contribution < 1.29 is 4.52 Å². The number of hydrogen-bond donors (Lipinski definition) is 0. The van der Waals surface area contributed by atoms with E-state index in [1.54, 1.807) is 24.4 Å². The highest BCUT2D eigenvalue weighted by Crippen LogP contribution is 2.12. The van der Waals surface area contributed by atoms with Gasteiger partial charge < -0.3 is 0 Å². The van der Waals surface area contributed by atoms with Crippen LogP contribution in [-0.2, 0) is 20.6 Å². The van der Waals surface area contributed by atoms with Crippen molar-refractivity contribution in [3.05, 3.63) is 67.5 Å². The summed E-state index contributed by atoms with van der Waals surface area (Å²) < 4.78 is 8.19. The van der Waals surface area contributed by atoms with Crippen LogP contribution in [0, 0.1) is 0 Å². The minimum Gasteiger partial charge on any atom is -0.299 e. The first-order valence-corrected chi connectivity index (χ1v) is 6.73. The molecule has 0 amide bonds. The highest BCUT2D eigenvalue weighted by Gasteiger charge is 2.16. The summed E-state index contributed by atoms with van der Waals surface area (Å²) in [5.41, 5.74) is -0.115. The maximum Gasteiger partial charge on any atom is 0.442 e. The summed E-state index contributed by atoms with van der Waals surface area (Å²) in [5.74, 6) is -0.470. The third kappa shape index (κ3) is 2.52. The summed E-state index contributed by atoms with van der Waals surface area (Å²) >= 11 is 0. The maximum atomic E-state index is 12.0. The van der Waals surface area contributed by atoms with Gasteiger partial charge in [-0.05, 0) is 12.1 Å². The molecule has 0 spiro atoms. The van der Waals surface area contributed by atoms with E-state index in [0.29, 0.717) is 11.4 Å². The lowest BCUT2D eigenvalue weighted by molar-refractivity contribution is 0.377. The van der Waals surface area contributed by atoms with Crippen LogP contribution in [0.1, 0.15) is 5.69 Å². The molecule has 3 aromatic heterocycles. The van der Waals surface area contributed by atoms with Crippen LogP contribution in [0.4, 0.5) is 0 Å². The van der Waals surface area contributed by atoms with Gasteiger partial charge in [0, 0.05) is 32.1 Å². The molecule has 0 fully saturated rings. The fourth-order valence-corrected chi connectivity index (χ4v) is 2.18. The summed E-state index contributed by atoms with van der Waals surface area (Å²) in [6.45, 7) is -0.0317. The minimum absolute atomic E-state index is 0.0317. The summed E-state index contributed by atoms with van der Waals surface area (Å²) in [4.78, 5) is 39.8. The van der Waals surface area contributed by atoms with Crippen molar-refractivity contribution in [2.45, 2.75) is 6.54 Å². The van der Waals surface area contributed by atoms with Crippen LogP contribution >= 0.6 is 0 Å². The molecule has 3 aromatic rings. The summed E-state index contributed by atoms with van der Waals surface area (Å²) in [7, 11) is 2.91. The topological polar surface area (TPSA) is 105 Å². The van der Waals surface area contributed by atoms with Gasteiger partial charge in [-0.3, -0.25) is 23.4 Å². The van der Waals surface area contributed by atoms with Crippen molar-refractivity contribution in [3.63, 3.8) is 0 Å². The average Bonchev–Trinajstić information content (AvgIpc) is 2.92. The highest BCUT2D eigenvalue weighted by atomic mass is 16.5. The number of nitrogens with zero attached hydrogens (tertiary/aromatic N) is 5. The van der Waals surface area contributed by atoms with Crippen LogP contribution in [0.2, 0.25) is 0 Å². The van der Waals surface area contributed by atoms with Crippen LogP contribution in [0.25, 0.3) is 11.5 Å². The van der Waals surface area contributed by atoms with Gasteiger partial charge in [0.05, 0.1) is 6.54 Å². The standard InChI is InChI=1S/C14H13N5O4/c1-17-9(7-11(20)18(2)13(17)21)8-19-12(16-23-14(19)22)10-5-3-4-6-15-10/h3-7H,8H2,1-2H3. The minimum atomic E-state index is -0.696. The Balaban J connectivity index is 2.13. The zero-order chi connectivity index (χ0) is 16.6. The molecule has 0 aliphatic heterocycles. The van der Waals surface area contributed by atoms with Gasteiger partial charge in [-0.15, -0.1) is 0 Å². The van der Waals surface area contributed by atoms with Crippen LogP contribution in [0.15, 0.2) is 49.4 Å². The summed E-state index contributed by atoms with van der Waals surface area (Å²) in [6, 6.07) is 6.45. The molecule has 23 heavy (non-hydrogen) atoms. The number of aromatic nitrogens is 5. The van der Waals surface area contributed by atoms with E-state index < -0.39 is 17.0 Å². The predicted molar refractivity (Wildman–Crippen MR) is 80.0 cm³/mol. The number of pyridine rings is 1. The zero-order valence-electron chi connectivity index (χ0n) is 12.5. The molecule has 9 heteroatoms. The second kappa shape index (κ2) is 5.52. The van der Waals surface area contributed by atoms with Crippen molar-refractivity contribution in [3.8, 4) is 11.5 Å². The van der Waals surface area contributed by atoms with E-state index in [4.69, 9.17) is 4.52 Å². The quantitative estimate of drug-likeness (QED) is 0.635. The van der Waals surface area contributed by atoms with Gasteiger partial charge in [0.25, 0.3) is 5.56 Å². The van der Waals surface area contributed by atoms with E-state index in [2.05, 4.69) is 10.1 Å². The molecule has 0 N–H and O–H groups in total. The molecular formula is C14H13N5O4. The van der Waals surface area contributed by atoms with Gasteiger partial charge in [-0.1, -0.05) is 11.2 Å². The van der Waals surface area contributed by atoms with Crippen molar-refractivity contribution in [2.75, 3.05) is 0 Å². The molecular weight excluding hydrogens is 302 g/mol. The molecule has 0 bridgehead atoms. The van der Waals surface area contributed by atoms with E-state index in [-0.39, 0.29) is 12.4 Å². The molecule has 0 radical (unpaired) electrons. The van der Waals surface area contributed by atoms with E-state index >= 15 is 0 Å². The Bertz CT molecular complexity index is 1030. The maximum absolute atomic E-state index is 12.0. The monoisotopic (exact) mass is 315 g/mol. The molecule has 0 atom stereocenters. The summed E-state index contributed by atoms with van der Waals surface area (Å²) in [5, 5.41) is 3.72. The van der Waals surface area contributed by atoms with Gasteiger partial charge in [-0.2, -0.15) is 0 Å². The van der Waals surface area contributed by atoms with E-state index in [9.17, 15) is 14.4 Å². The average molecular weight is 315 g/mol. The SMILES string of the molecule is Cn1c(Cn2c(-c3ccccn3)noc2=O)cc(=O)n(C)c1=O. The molecule has 0 saturated heterocycles. The zero-order valence-corrected chi connectivity index (χ0v) is 12.5. The van der Waals surface area contributed by atoms with Crippen molar-refractivity contribution >= 4 is 0 Å². The second-order valence-corrected chi connectivity index (χ2v) is 4.95. The van der Waals surface area contributed by atoms with E-state index in [1.807, 2.05) is 0 Å². The van der Waals surface area contributed by atoms with Gasteiger partial charge in [-0.25, -0.2) is 14.2 Å². The van der Waals surface area contributed by atoms with E-state index in [0.717, 1.165) is 4.57 Å². The normalized spacial score (nSPS) is 10.9. The number of hydrogen-bond acceptors (Lipinski definition) is 6. The fraction of sp³-hybridized carbons (Fsp3) is 0.214. The number of rotatable bonds is 3. The van der Waals surface area contributed by atoms with Crippen LogP contribution in [0.3, 0.4) is 0 Å². The largest absolute Gasteiger partial charge is 0.442 e. The Labute approximate surface area is 129 Å². The Morgan fingerprint density at radius 2 is 1.91 bits per heavy atom. The lowest BCUT2D eigenvalue weighted by atomic mass is 10.3. The Morgan fingerprint density at radius 3 is 2.61 bits per heavy atom. The Hall–Kier alpha value is -3.23. The molecule has 0 aliphatic carbocycles. The highest BCUT2D eigenvalue weighted by molar-refractivity contribution is 5.48. The molecule has 0 unspecified atom stereocenters. The smallest absolute Gasteiger partial charge is 0.299 e. The van der Waals surface area contributed by atoms with Gasteiger partial charge >= 0.3 is 11.4 Å². The third-order valence-corrected chi connectivity index (χ3v) is 3.53. The molecule has 0 aliphatic rings. The lowest BCUT2D eigenvalue weighted by Crippen LogP contribution is -2.38. The van der Waals surface area contributed by atoms with Gasteiger partial charge in [0.15, 0.2) is 0 Å². The van der Waals surface area contributed by atoms with Crippen LogP contribution in [0.5, 0.6) is 0 Å². The van der Waals surface area contributed by atoms with E-state index in [1.165, 1.54) is 29.3 Å². The molecule has 118 valence electrons. The molecule has 0 aromatic carbocycles.